The maximum absolute atomic E-state index is 5.67. The molecule has 0 N–H and O–H groups in total. The van der Waals surface area contributed by atoms with Crippen molar-refractivity contribution < 1.29 is 14.2 Å². The van der Waals surface area contributed by atoms with Crippen molar-refractivity contribution in [3.63, 3.8) is 0 Å². The van der Waals surface area contributed by atoms with E-state index in [0.717, 1.165) is 62.0 Å². The summed E-state index contributed by atoms with van der Waals surface area (Å²) in [5.41, 5.74) is 5.86. The smallest absolute Gasteiger partial charge is 0.146 e. The van der Waals surface area contributed by atoms with Crippen LogP contribution in [0.15, 0.2) is 42.5 Å². The number of hydrogen-bond donors (Lipinski definition) is 0. The topological polar surface area (TPSA) is 58.4 Å². The standard InChI is InChI=1S/C24H25N3O3.ClH/c1-14-22-15(2)27(20-12-11-19(29-5)13-21(20)30-6)16(3)23(22)24(26-25-14)17-7-9-18(28-4)10-8-17;/h7-13H,1-6H3;1H. The molecule has 0 unspecified atom stereocenters. The first-order chi connectivity index (χ1) is 14.5. The van der Waals surface area contributed by atoms with Crippen molar-refractivity contribution >= 4 is 23.2 Å². The summed E-state index contributed by atoms with van der Waals surface area (Å²) in [7, 11) is 4.98. The van der Waals surface area contributed by atoms with Gasteiger partial charge < -0.3 is 18.8 Å². The van der Waals surface area contributed by atoms with Crippen molar-refractivity contribution in [3.05, 3.63) is 59.5 Å². The van der Waals surface area contributed by atoms with Gasteiger partial charge in [-0.3, -0.25) is 0 Å². The Kier molecular flexibility index (Phi) is 6.41. The zero-order chi connectivity index (χ0) is 21.4. The third kappa shape index (κ3) is 3.68. The highest BCUT2D eigenvalue weighted by atomic mass is 35.5. The zero-order valence-electron chi connectivity index (χ0n) is 18.5. The molecule has 0 saturated heterocycles. The average Bonchev–Trinajstić information content (AvgIpc) is 3.05. The minimum absolute atomic E-state index is 0. The third-order valence-electron chi connectivity index (χ3n) is 5.53. The molecule has 0 bridgehead atoms. The van der Waals surface area contributed by atoms with Crippen molar-refractivity contribution in [2.45, 2.75) is 20.8 Å². The highest BCUT2D eigenvalue weighted by Crippen LogP contribution is 2.39. The second-order valence-electron chi connectivity index (χ2n) is 7.16. The van der Waals surface area contributed by atoms with Gasteiger partial charge >= 0.3 is 0 Å². The SMILES string of the molecule is COc1ccc(-c2nnc(C)c3c(C)n(-c4ccc(OC)cc4OC)c(C)c23)cc1.Cl. The number of benzene rings is 2. The summed E-state index contributed by atoms with van der Waals surface area (Å²) in [5, 5.41) is 11.2. The van der Waals surface area contributed by atoms with Gasteiger partial charge in [0.2, 0.25) is 0 Å². The van der Waals surface area contributed by atoms with Gasteiger partial charge in [0.25, 0.3) is 0 Å². The molecular weight excluding hydrogens is 414 g/mol. The molecule has 0 aliphatic rings. The lowest BCUT2D eigenvalue weighted by Crippen LogP contribution is -2.02. The Morgan fingerprint density at radius 3 is 1.94 bits per heavy atom. The fraction of sp³-hybridized carbons (Fsp3) is 0.250. The van der Waals surface area contributed by atoms with E-state index in [-0.39, 0.29) is 12.4 Å². The van der Waals surface area contributed by atoms with Crippen LogP contribution in [-0.4, -0.2) is 36.1 Å². The third-order valence-corrected chi connectivity index (χ3v) is 5.53. The van der Waals surface area contributed by atoms with Crippen LogP contribution in [0.3, 0.4) is 0 Å². The van der Waals surface area contributed by atoms with Gasteiger partial charge in [0, 0.05) is 33.8 Å². The molecule has 0 atom stereocenters. The van der Waals surface area contributed by atoms with Crippen molar-refractivity contribution in [2.24, 2.45) is 0 Å². The Morgan fingerprint density at radius 1 is 0.710 bits per heavy atom. The number of ether oxygens (including phenoxy) is 3. The molecule has 7 heteroatoms. The van der Waals surface area contributed by atoms with E-state index >= 15 is 0 Å². The van der Waals surface area contributed by atoms with Crippen LogP contribution in [0.4, 0.5) is 0 Å². The minimum atomic E-state index is 0. The maximum Gasteiger partial charge on any atom is 0.146 e. The normalized spacial score (nSPS) is 10.6. The van der Waals surface area contributed by atoms with Crippen molar-refractivity contribution in [1.29, 1.82) is 0 Å². The molecule has 31 heavy (non-hydrogen) atoms. The van der Waals surface area contributed by atoms with Crippen molar-refractivity contribution in [2.75, 3.05) is 21.3 Å². The van der Waals surface area contributed by atoms with Gasteiger partial charge in [-0.25, -0.2) is 0 Å². The molecule has 0 aliphatic carbocycles. The first kappa shape index (κ1) is 22.4. The lowest BCUT2D eigenvalue weighted by atomic mass is 10.0. The van der Waals surface area contributed by atoms with Gasteiger partial charge in [-0.15, -0.1) is 17.5 Å². The second kappa shape index (κ2) is 8.86. The molecule has 0 radical (unpaired) electrons. The van der Waals surface area contributed by atoms with Crippen molar-refractivity contribution in [1.82, 2.24) is 14.8 Å². The first-order valence-corrected chi connectivity index (χ1v) is 9.71. The number of nitrogens with zero attached hydrogens (tertiary/aromatic N) is 3. The molecule has 2 aromatic carbocycles. The molecule has 2 aromatic heterocycles. The summed E-state index contributed by atoms with van der Waals surface area (Å²) in [6, 6.07) is 13.7. The number of aromatic nitrogens is 3. The predicted molar refractivity (Wildman–Crippen MR) is 125 cm³/mol. The summed E-state index contributed by atoms with van der Waals surface area (Å²) in [4.78, 5) is 0. The van der Waals surface area contributed by atoms with Crippen LogP contribution >= 0.6 is 12.4 Å². The monoisotopic (exact) mass is 439 g/mol. The molecule has 2 heterocycles. The van der Waals surface area contributed by atoms with Crippen LogP contribution in [-0.2, 0) is 0 Å². The Balaban J connectivity index is 0.00000272. The van der Waals surface area contributed by atoms with Gasteiger partial charge in [0.1, 0.15) is 22.9 Å². The number of rotatable bonds is 5. The molecule has 0 aliphatic heterocycles. The maximum atomic E-state index is 5.67. The van der Waals surface area contributed by atoms with Gasteiger partial charge in [-0.1, -0.05) is 0 Å². The number of hydrogen-bond acceptors (Lipinski definition) is 5. The van der Waals surface area contributed by atoms with Crippen molar-refractivity contribution in [3.8, 4) is 34.2 Å². The molecule has 0 spiro atoms. The van der Waals surface area contributed by atoms with Gasteiger partial charge in [-0.05, 0) is 57.2 Å². The van der Waals surface area contributed by atoms with E-state index in [4.69, 9.17) is 14.2 Å². The molecule has 6 nitrogen and oxygen atoms in total. The summed E-state index contributed by atoms with van der Waals surface area (Å²) in [6.07, 6.45) is 0. The number of aryl methyl sites for hydroxylation is 3. The van der Waals surface area contributed by atoms with Gasteiger partial charge in [0.15, 0.2) is 0 Å². The van der Waals surface area contributed by atoms with E-state index in [1.807, 2.05) is 49.4 Å². The van der Waals surface area contributed by atoms with Crippen LogP contribution in [0.1, 0.15) is 17.1 Å². The highest BCUT2D eigenvalue weighted by molar-refractivity contribution is 6.00. The largest absolute Gasteiger partial charge is 0.497 e. The molecule has 0 fully saturated rings. The van der Waals surface area contributed by atoms with E-state index in [1.165, 1.54) is 0 Å². The van der Waals surface area contributed by atoms with Gasteiger partial charge in [-0.2, -0.15) is 5.10 Å². The summed E-state index contributed by atoms with van der Waals surface area (Å²) < 4.78 is 18.5. The fourth-order valence-corrected chi connectivity index (χ4v) is 4.08. The molecule has 0 amide bonds. The highest BCUT2D eigenvalue weighted by Gasteiger charge is 2.22. The number of methoxy groups -OCH3 is 3. The minimum Gasteiger partial charge on any atom is -0.497 e. The van der Waals surface area contributed by atoms with Crippen LogP contribution in [0.2, 0.25) is 0 Å². The summed E-state index contributed by atoms with van der Waals surface area (Å²) in [6.45, 7) is 6.20. The summed E-state index contributed by atoms with van der Waals surface area (Å²) >= 11 is 0. The lowest BCUT2D eigenvalue weighted by molar-refractivity contribution is 0.393. The zero-order valence-corrected chi connectivity index (χ0v) is 19.3. The number of fused-ring (bicyclic) bond motifs is 1. The Hall–Kier alpha value is -3.25. The summed E-state index contributed by atoms with van der Waals surface area (Å²) in [5.74, 6) is 2.30. The van der Waals surface area contributed by atoms with E-state index in [1.54, 1.807) is 21.3 Å². The van der Waals surface area contributed by atoms with Gasteiger partial charge in [0.05, 0.1) is 32.7 Å². The van der Waals surface area contributed by atoms with E-state index in [0.29, 0.717) is 0 Å². The Bertz CT molecular complexity index is 1230. The Morgan fingerprint density at radius 2 is 1.32 bits per heavy atom. The van der Waals surface area contributed by atoms with Crippen LogP contribution in [0.5, 0.6) is 17.2 Å². The molecule has 4 aromatic rings. The average molecular weight is 440 g/mol. The molecule has 0 saturated carbocycles. The Labute approximate surface area is 188 Å². The van der Waals surface area contributed by atoms with E-state index in [2.05, 4.69) is 28.6 Å². The lowest BCUT2D eigenvalue weighted by Gasteiger charge is -2.15. The second-order valence-corrected chi connectivity index (χ2v) is 7.16. The predicted octanol–water partition coefficient (Wildman–Crippen LogP) is 5.46. The van der Waals surface area contributed by atoms with Crippen LogP contribution in [0, 0.1) is 20.8 Å². The molecule has 162 valence electrons. The quantitative estimate of drug-likeness (QED) is 0.413. The number of halogens is 1. The van der Waals surface area contributed by atoms with Crippen LogP contribution < -0.4 is 14.2 Å². The molecule has 4 rings (SSSR count). The van der Waals surface area contributed by atoms with Crippen LogP contribution in [0.25, 0.3) is 27.7 Å². The first-order valence-electron chi connectivity index (χ1n) is 9.71. The van der Waals surface area contributed by atoms with E-state index < -0.39 is 0 Å². The molecular formula is C24H26ClN3O3. The fourth-order valence-electron chi connectivity index (χ4n) is 4.08. The van der Waals surface area contributed by atoms with E-state index in [9.17, 15) is 0 Å².